The summed E-state index contributed by atoms with van der Waals surface area (Å²) in [5.74, 6) is -3.38. The third-order valence-corrected chi connectivity index (χ3v) is 2.00. The average molecular weight is 202 g/mol. The van der Waals surface area contributed by atoms with Crippen molar-refractivity contribution in [3.63, 3.8) is 0 Å². The van der Waals surface area contributed by atoms with Gasteiger partial charge in [-0.25, -0.2) is 0 Å². The highest BCUT2D eigenvalue weighted by Crippen LogP contribution is 2.44. The van der Waals surface area contributed by atoms with Crippen molar-refractivity contribution in [3.05, 3.63) is 29.8 Å². The Bertz CT molecular complexity index is 384. The Morgan fingerprint density at radius 1 is 1.21 bits per heavy atom. The molecule has 0 bridgehead atoms. The Morgan fingerprint density at radius 2 is 1.86 bits per heavy atom. The number of fused-ring (bicyclic) bond motifs is 1. The molecule has 5 heteroatoms. The smallest absolute Gasteiger partial charge is 0.406 e. The van der Waals surface area contributed by atoms with Crippen LogP contribution >= 0.6 is 0 Å². The van der Waals surface area contributed by atoms with E-state index in [0.717, 1.165) is 0 Å². The van der Waals surface area contributed by atoms with Crippen molar-refractivity contribution in [1.82, 2.24) is 0 Å². The molecule has 1 aromatic carbocycles. The third kappa shape index (κ3) is 1.25. The van der Waals surface area contributed by atoms with Gasteiger partial charge in [-0.05, 0) is 6.07 Å². The average Bonchev–Trinajstić information content (AvgIpc) is 2.38. The molecule has 0 radical (unpaired) electrons. The van der Waals surface area contributed by atoms with E-state index >= 15 is 0 Å². The summed E-state index contributed by atoms with van der Waals surface area (Å²) in [5, 5.41) is 0. The van der Waals surface area contributed by atoms with Gasteiger partial charge in [-0.3, -0.25) is 4.79 Å². The molecule has 0 amide bonds. The molecule has 1 atom stereocenters. The van der Waals surface area contributed by atoms with Crippen LogP contribution in [-0.4, -0.2) is 12.1 Å². The molecule has 0 saturated carbocycles. The Labute approximate surface area is 77.3 Å². The lowest BCUT2D eigenvalue weighted by molar-refractivity contribution is -0.170. The summed E-state index contributed by atoms with van der Waals surface area (Å²) < 4.78 is 41.7. The number of carbonyl (C=O) groups excluding carboxylic acids is 1. The fourth-order valence-electron chi connectivity index (χ4n) is 1.42. The number of rotatable bonds is 0. The van der Waals surface area contributed by atoms with Gasteiger partial charge in [0.15, 0.2) is 5.92 Å². The largest absolute Gasteiger partial charge is 0.425 e. The number of halogens is 3. The van der Waals surface area contributed by atoms with Crippen molar-refractivity contribution >= 4 is 5.97 Å². The molecule has 1 aliphatic heterocycles. The van der Waals surface area contributed by atoms with Crippen molar-refractivity contribution in [1.29, 1.82) is 0 Å². The quantitative estimate of drug-likeness (QED) is 0.476. The topological polar surface area (TPSA) is 26.3 Å². The Morgan fingerprint density at radius 3 is 2.50 bits per heavy atom. The molecule has 1 heterocycles. The SMILES string of the molecule is O=C1Oc2ccccc2C1C(F)(F)F. The minimum atomic E-state index is -4.58. The molecular formula is C9H5F3O2. The van der Waals surface area contributed by atoms with Crippen molar-refractivity contribution in [2.45, 2.75) is 12.1 Å². The van der Waals surface area contributed by atoms with E-state index in [4.69, 9.17) is 0 Å². The molecule has 2 nitrogen and oxygen atoms in total. The number of carbonyl (C=O) groups is 1. The predicted octanol–water partition coefficient (Wildman–Crippen LogP) is 2.25. The Balaban J connectivity index is 2.50. The van der Waals surface area contributed by atoms with Gasteiger partial charge in [0.25, 0.3) is 0 Å². The number of esters is 1. The second kappa shape index (κ2) is 2.73. The molecule has 1 unspecified atom stereocenters. The van der Waals surface area contributed by atoms with Crippen molar-refractivity contribution < 1.29 is 22.7 Å². The third-order valence-electron chi connectivity index (χ3n) is 2.00. The summed E-state index contributed by atoms with van der Waals surface area (Å²) in [7, 11) is 0. The number of alkyl halides is 3. The first kappa shape index (κ1) is 9.05. The maximum absolute atomic E-state index is 12.4. The number of ether oxygens (including phenoxy) is 1. The molecule has 0 saturated heterocycles. The number of hydrogen-bond acceptors (Lipinski definition) is 2. The second-order valence-electron chi connectivity index (χ2n) is 2.93. The normalized spacial score (nSPS) is 20.5. The van der Waals surface area contributed by atoms with Crippen LogP contribution in [0.25, 0.3) is 0 Å². The minimum absolute atomic E-state index is 0.000162. The van der Waals surface area contributed by atoms with Gasteiger partial charge in [0.05, 0.1) is 0 Å². The monoisotopic (exact) mass is 202 g/mol. The molecule has 1 aromatic rings. The first-order valence-corrected chi connectivity index (χ1v) is 3.87. The number of para-hydroxylation sites is 1. The minimum Gasteiger partial charge on any atom is -0.425 e. The van der Waals surface area contributed by atoms with Crippen LogP contribution < -0.4 is 4.74 Å². The predicted molar refractivity (Wildman–Crippen MR) is 40.9 cm³/mol. The van der Waals surface area contributed by atoms with Crippen LogP contribution in [0.1, 0.15) is 11.5 Å². The molecule has 14 heavy (non-hydrogen) atoms. The van der Waals surface area contributed by atoms with E-state index in [0.29, 0.717) is 0 Å². The van der Waals surface area contributed by atoms with Gasteiger partial charge in [-0.1, -0.05) is 18.2 Å². The zero-order chi connectivity index (χ0) is 10.3. The van der Waals surface area contributed by atoms with Crippen LogP contribution in [-0.2, 0) is 4.79 Å². The van der Waals surface area contributed by atoms with Gasteiger partial charge in [0, 0.05) is 5.56 Å². The highest BCUT2D eigenvalue weighted by atomic mass is 19.4. The van der Waals surface area contributed by atoms with E-state index in [1.54, 1.807) is 0 Å². The molecule has 1 aliphatic rings. The van der Waals surface area contributed by atoms with Crippen LogP contribution in [0.5, 0.6) is 5.75 Å². The number of hydrogen-bond donors (Lipinski definition) is 0. The van der Waals surface area contributed by atoms with Crippen LogP contribution in [0, 0.1) is 0 Å². The van der Waals surface area contributed by atoms with E-state index in [2.05, 4.69) is 4.74 Å². The second-order valence-corrected chi connectivity index (χ2v) is 2.93. The van der Waals surface area contributed by atoms with Gasteiger partial charge in [-0.15, -0.1) is 0 Å². The maximum atomic E-state index is 12.4. The van der Waals surface area contributed by atoms with Gasteiger partial charge < -0.3 is 4.74 Å². The first-order valence-electron chi connectivity index (χ1n) is 3.87. The van der Waals surface area contributed by atoms with E-state index in [-0.39, 0.29) is 11.3 Å². The molecule has 74 valence electrons. The van der Waals surface area contributed by atoms with E-state index in [9.17, 15) is 18.0 Å². The number of benzene rings is 1. The van der Waals surface area contributed by atoms with Crippen LogP contribution in [0.4, 0.5) is 13.2 Å². The standard InChI is InChI=1S/C9H5F3O2/c10-9(11,12)7-5-3-1-2-4-6(5)14-8(7)13/h1-4,7H. The Hall–Kier alpha value is -1.52. The molecule has 2 rings (SSSR count). The summed E-state index contributed by atoms with van der Waals surface area (Å²) in [6.07, 6.45) is -4.58. The van der Waals surface area contributed by atoms with Gasteiger partial charge in [-0.2, -0.15) is 13.2 Å². The van der Waals surface area contributed by atoms with E-state index < -0.39 is 18.1 Å². The van der Waals surface area contributed by atoms with E-state index in [1.165, 1.54) is 24.3 Å². The van der Waals surface area contributed by atoms with Crippen molar-refractivity contribution in [2.24, 2.45) is 0 Å². The zero-order valence-electron chi connectivity index (χ0n) is 6.84. The lowest BCUT2D eigenvalue weighted by Crippen LogP contribution is -2.26. The summed E-state index contributed by atoms with van der Waals surface area (Å²) in [6.45, 7) is 0. The van der Waals surface area contributed by atoms with Gasteiger partial charge in [0.2, 0.25) is 0 Å². The molecule has 0 aliphatic carbocycles. The lowest BCUT2D eigenvalue weighted by Gasteiger charge is -2.10. The van der Waals surface area contributed by atoms with E-state index in [1.807, 2.05) is 0 Å². The first-order chi connectivity index (χ1) is 6.50. The summed E-state index contributed by atoms with van der Waals surface area (Å²) in [6, 6.07) is 5.56. The molecule has 0 N–H and O–H groups in total. The van der Waals surface area contributed by atoms with Gasteiger partial charge >= 0.3 is 12.1 Å². The molecule has 0 fully saturated rings. The summed E-state index contributed by atoms with van der Waals surface area (Å²) in [4.78, 5) is 10.9. The molecule has 0 aromatic heterocycles. The van der Waals surface area contributed by atoms with Crippen LogP contribution in [0.2, 0.25) is 0 Å². The summed E-state index contributed by atoms with van der Waals surface area (Å²) in [5.41, 5.74) is -0.106. The Kier molecular flexibility index (Phi) is 1.77. The zero-order valence-corrected chi connectivity index (χ0v) is 6.84. The summed E-state index contributed by atoms with van der Waals surface area (Å²) >= 11 is 0. The van der Waals surface area contributed by atoms with Crippen LogP contribution in [0.15, 0.2) is 24.3 Å². The molecule has 0 spiro atoms. The van der Waals surface area contributed by atoms with Crippen molar-refractivity contribution in [2.75, 3.05) is 0 Å². The van der Waals surface area contributed by atoms with Crippen LogP contribution in [0.3, 0.4) is 0 Å². The maximum Gasteiger partial charge on any atom is 0.406 e. The fraction of sp³-hybridized carbons (Fsp3) is 0.222. The fourth-order valence-corrected chi connectivity index (χ4v) is 1.42. The molecular weight excluding hydrogens is 197 g/mol. The van der Waals surface area contributed by atoms with Crippen molar-refractivity contribution in [3.8, 4) is 5.75 Å². The van der Waals surface area contributed by atoms with Gasteiger partial charge in [0.1, 0.15) is 5.75 Å². The highest BCUT2D eigenvalue weighted by molar-refractivity contribution is 5.86. The highest BCUT2D eigenvalue weighted by Gasteiger charge is 2.51. The lowest BCUT2D eigenvalue weighted by atomic mass is 10.0.